The zero-order valence-electron chi connectivity index (χ0n) is 12.3. The van der Waals surface area contributed by atoms with Crippen molar-refractivity contribution in [2.24, 2.45) is 5.92 Å². The zero-order chi connectivity index (χ0) is 16.9. The fourth-order valence-electron chi connectivity index (χ4n) is 1.57. The number of carboxylic acids is 1. The normalized spacial score (nSPS) is 13.5. The molecule has 8 nitrogen and oxygen atoms in total. The number of thioether (sulfide) groups is 1. The molecule has 0 aliphatic rings. The first-order valence-electron chi connectivity index (χ1n) is 6.52. The van der Waals surface area contributed by atoms with E-state index in [4.69, 9.17) is 5.11 Å². The van der Waals surface area contributed by atoms with Gasteiger partial charge >= 0.3 is 5.97 Å². The molecule has 2 N–H and O–H groups in total. The molecule has 0 aliphatic carbocycles. The van der Waals surface area contributed by atoms with E-state index in [1.807, 2.05) is 0 Å². The number of nitrogens with one attached hydrogen (secondary N) is 1. The van der Waals surface area contributed by atoms with Gasteiger partial charge in [0.2, 0.25) is 5.91 Å². The standard InChI is InChI=1S/C13H17N3O5S/c1-7(2)11(13(18)19)15-12(17)8(3)22-10-5-4-9(6-14-10)16(20)21/h4-8,11H,1-3H3,(H,15,17)(H,18,19). The molecule has 0 fully saturated rings. The van der Waals surface area contributed by atoms with E-state index >= 15 is 0 Å². The number of rotatable bonds is 7. The summed E-state index contributed by atoms with van der Waals surface area (Å²) in [6, 6.07) is 1.79. The average molecular weight is 327 g/mol. The lowest BCUT2D eigenvalue weighted by molar-refractivity contribution is -0.385. The molecule has 0 bridgehead atoms. The summed E-state index contributed by atoms with van der Waals surface area (Å²) >= 11 is 1.10. The second-order valence-electron chi connectivity index (χ2n) is 4.94. The summed E-state index contributed by atoms with van der Waals surface area (Å²) in [6.45, 7) is 5.02. The molecule has 2 unspecified atom stereocenters. The Morgan fingerprint density at radius 2 is 2.00 bits per heavy atom. The summed E-state index contributed by atoms with van der Waals surface area (Å²) in [7, 11) is 0. The zero-order valence-corrected chi connectivity index (χ0v) is 13.2. The molecule has 0 spiro atoms. The van der Waals surface area contributed by atoms with Gasteiger partial charge in [0.05, 0.1) is 15.2 Å². The van der Waals surface area contributed by atoms with Crippen LogP contribution in [-0.4, -0.2) is 38.2 Å². The van der Waals surface area contributed by atoms with Gasteiger partial charge in [-0.1, -0.05) is 25.6 Å². The highest BCUT2D eigenvalue weighted by molar-refractivity contribution is 8.00. The molecule has 0 saturated heterocycles. The van der Waals surface area contributed by atoms with Crippen molar-refractivity contribution in [1.82, 2.24) is 10.3 Å². The maximum absolute atomic E-state index is 12.0. The average Bonchev–Trinajstić information content (AvgIpc) is 2.44. The number of nitrogens with zero attached hydrogens (tertiary/aromatic N) is 2. The molecule has 1 aromatic heterocycles. The summed E-state index contributed by atoms with van der Waals surface area (Å²) in [6.07, 6.45) is 1.11. The highest BCUT2D eigenvalue weighted by Gasteiger charge is 2.26. The van der Waals surface area contributed by atoms with Crippen LogP contribution in [0.4, 0.5) is 5.69 Å². The largest absolute Gasteiger partial charge is 0.480 e. The number of nitro groups is 1. The van der Waals surface area contributed by atoms with Crippen molar-refractivity contribution < 1.29 is 19.6 Å². The highest BCUT2D eigenvalue weighted by Crippen LogP contribution is 2.23. The highest BCUT2D eigenvalue weighted by atomic mass is 32.2. The predicted molar refractivity (Wildman–Crippen MR) is 80.6 cm³/mol. The lowest BCUT2D eigenvalue weighted by Crippen LogP contribution is -2.46. The number of hydrogen-bond donors (Lipinski definition) is 2. The Bertz CT molecular complexity index is 561. The topological polar surface area (TPSA) is 122 Å². The third-order valence-electron chi connectivity index (χ3n) is 2.83. The van der Waals surface area contributed by atoms with Crippen LogP contribution >= 0.6 is 11.8 Å². The van der Waals surface area contributed by atoms with Crippen molar-refractivity contribution in [3.63, 3.8) is 0 Å². The number of aliphatic carboxylic acids is 1. The molecular formula is C13H17N3O5S. The first-order chi connectivity index (χ1) is 10.2. The van der Waals surface area contributed by atoms with Gasteiger partial charge in [0.15, 0.2) is 0 Å². The van der Waals surface area contributed by atoms with Crippen LogP contribution in [-0.2, 0) is 9.59 Å². The summed E-state index contributed by atoms with van der Waals surface area (Å²) in [4.78, 5) is 36.9. The van der Waals surface area contributed by atoms with Crippen molar-refractivity contribution in [2.45, 2.75) is 37.1 Å². The smallest absolute Gasteiger partial charge is 0.326 e. The van der Waals surface area contributed by atoms with Crippen LogP contribution in [0.15, 0.2) is 23.4 Å². The Labute approximate surface area is 131 Å². The van der Waals surface area contributed by atoms with Gasteiger partial charge < -0.3 is 10.4 Å². The Balaban J connectivity index is 2.67. The summed E-state index contributed by atoms with van der Waals surface area (Å²) in [5, 5.41) is 21.9. The molecule has 120 valence electrons. The van der Waals surface area contributed by atoms with Crippen molar-refractivity contribution in [3.8, 4) is 0 Å². The number of aromatic nitrogens is 1. The molecule has 1 rings (SSSR count). The molecule has 1 aromatic rings. The van der Waals surface area contributed by atoms with Gasteiger partial charge in [0, 0.05) is 6.07 Å². The minimum atomic E-state index is -1.09. The van der Waals surface area contributed by atoms with E-state index in [-0.39, 0.29) is 11.6 Å². The van der Waals surface area contributed by atoms with Gasteiger partial charge in [-0.15, -0.1) is 0 Å². The molecule has 1 amide bonds. The SMILES string of the molecule is CC(Sc1ccc([N+](=O)[O-])cn1)C(=O)NC(C(=O)O)C(C)C. The van der Waals surface area contributed by atoms with E-state index in [0.29, 0.717) is 5.03 Å². The van der Waals surface area contributed by atoms with Crippen molar-refractivity contribution in [2.75, 3.05) is 0 Å². The van der Waals surface area contributed by atoms with Crippen LogP contribution in [0.2, 0.25) is 0 Å². The number of carbonyl (C=O) groups excluding carboxylic acids is 1. The summed E-state index contributed by atoms with van der Waals surface area (Å²) < 4.78 is 0. The number of carbonyl (C=O) groups is 2. The molecular weight excluding hydrogens is 310 g/mol. The summed E-state index contributed by atoms with van der Waals surface area (Å²) in [5.41, 5.74) is -0.132. The molecule has 0 aromatic carbocycles. The van der Waals surface area contributed by atoms with Crippen LogP contribution in [0.3, 0.4) is 0 Å². The Kier molecular flexibility index (Phi) is 6.29. The van der Waals surface area contributed by atoms with Crippen LogP contribution in [0.5, 0.6) is 0 Å². The van der Waals surface area contributed by atoms with E-state index < -0.39 is 28.1 Å². The number of pyridine rings is 1. The Hall–Kier alpha value is -2.16. The quantitative estimate of drug-likeness (QED) is 0.444. The summed E-state index contributed by atoms with van der Waals surface area (Å²) in [5.74, 6) is -1.75. The molecule has 22 heavy (non-hydrogen) atoms. The van der Waals surface area contributed by atoms with Crippen LogP contribution < -0.4 is 5.32 Å². The molecule has 9 heteroatoms. The molecule has 1 heterocycles. The van der Waals surface area contributed by atoms with Gasteiger partial charge in [-0.3, -0.25) is 14.9 Å². The monoisotopic (exact) mass is 327 g/mol. The van der Waals surface area contributed by atoms with Crippen molar-refractivity contribution in [3.05, 3.63) is 28.4 Å². The van der Waals surface area contributed by atoms with E-state index in [1.165, 1.54) is 12.1 Å². The third-order valence-corrected chi connectivity index (χ3v) is 3.88. The van der Waals surface area contributed by atoms with Gasteiger partial charge in [0.1, 0.15) is 12.2 Å². The molecule has 2 atom stereocenters. The van der Waals surface area contributed by atoms with E-state index in [1.54, 1.807) is 20.8 Å². The van der Waals surface area contributed by atoms with Crippen LogP contribution in [0.1, 0.15) is 20.8 Å². The second kappa shape index (κ2) is 7.74. The fourth-order valence-corrected chi connectivity index (χ4v) is 2.37. The fraction of sp³-hybridized carbons (Fsp3) is 0.462. The predicted octanol–water partition coefficient (Wildman–Crippen LogP) is 1.70. The molecule has 0 radical (unpaired) electrons. The van der Waals surface area contributed by atoms with E-state index in [0.717, 1.165) is 18.0 Å². The Morgan fingerprint density at radius 1 is 1.36 bits per heavy atom. The maximum atomic E-state index is 12.0. The van der Waals surface area contributed by atoms with Crippen molar-refractivity contribution >= 4 is 29.3 Å². The number of amides is 1. The van der Waals surface area contributed by atoms with Crippen LogP contribution in [0, 0.1) is 16.0 Å². The lowest BCUT2D eigenvalue weighted by atomic mass is 10.0. The number of carboxylic acid groups (broad SMARTS) is 1. The van der Waals surface area contributed by atoms with E-state index in [9.17, 15) is 19.7 Å². The van der Waals surface area contributed by atoms with Crippen molar-refractivity contribution in [1.29, 1.82) is 0 Å². The van der Waals surface area contributed by atoms with Gasteiger partial charge in [-0.05, 0) is 18.9 Å². The van der Waals surface area contributed by atoms with Gasteiger partial charge in [0.25, 0.3) is 5.69 Å². The Morgan fingerprint density at radius 3 is 2.41 bits per heavy atom. The van der Waals surface area contributed by atoms with E-state index in [2.05, 4.69) is 10.3 Å². The van der Waals surface area contributed by atoms with Gasteiger partial charge in [-0.2, -0.15) is 0 Å². The third kappa shape index (κ3) is 4.99. The lowest BCUT2D eigenvalue weighted by Gasteiger charge is -2.20. The minimum Gasteiger partial charge on any atom is -0.480 e. The minimum absolute atomic E-state index is 0.132. The first kappa shape index (κ1) is 17.9. The van der Waals surface area contributed by atoms with Crippen LogP contribution in [0.25, 0.3) is 0 Å². The second-order valence-corrected chi connectivity index (χ2v) is 6.30. The molecule has 0 aliphatic heterocycles. The first-order valence-corrected chi connectivity index (χ1v) is 7.40. The number of hydrogen-bond acceptors (Lipinski definition) is 6. The maximum Gasteiger partial charge on any atom is 0.326 e. The molecule has 0 saturated carbocycles. The van der Waals surface area contributed by atoms with Gasteiger partial charge in [-0.25, -0.2) is 9.78 Å².